The maximum Gasteiger partial charge on any atom is 0.240 e. The third-order valence-electron chi connectivity index (χ3n) is 3.11. The summed E-state index contributed by atoms with van der Waals surface area (Å²) < 4.78 is 32.2. The van der Waals surface area contributed by atoms with Crippen LogP contribution in [0.25, 0.3) is 0 Å². The second-order valence-corrected chi connectivity index (χ2v) is 7.58. The highest BCUT2D eigenvalue weighted by Gasteiger charge is 2.22. The molecule has 0 aromatic heterocycles. The zero-order valence-electron chi connectivity index (χ0n) is 12.6. The minimum atomic E-state index is -3.53. The Morgan fingerprint density at radius 2 is 1.95 bits per heavy atom. The minimum Gasteiger partial charge on any atom is -0.399 e. The van der Waals surface area contributed by atoms with Gasteiger partial charge in [0.15, 0.2) is 0 Å². The number of methoxy groups -OCH3 is 1. The summed E-state index contributed by atoms with van der Waals surface area (Å²) in [5.41, 5.74) is 6.80. The Labute approximate surface area is 121 Å². The average molecular weight is 300 g/mol. The lowest BCUT2D eigenvalue weighted by atomic mass is 9.90. The summed E-state index contributed by atoms with van der Waals surface area (Å²) in [4.78, 5) is 0.206. The summed E-state index contributed by atoms with van der Waals surface area (Å²) in [7, 11) is -1.90. The number of hydrogen-bond acceptors (Lipinski definition) is 4. The van der Waals surface area contributed by atoms with Crippen molar-refractivity contribution in [1.82, 2.24) is 4.72 Å². The van der Waals surface area contributed by atoms with Gasteiger partial charge in [0, 0.05) is 25.9 Å². The summed E-state index contributed by atoms with van der Waals surface area (Å²) in [6.07, 6.45) is 0.780. The van der Waals surface area contributed by atoms with E-state index in [1.807, 2.05) is 20.8 Å². The maximum absolute atomic E-state index is 12.3. The minimum absolute atomic E-state index is 0.168. The van der Waals surface area contributed by atoms with Crippen molar-refractivity contribution in [3.63, 3.8) is 0 Å². The normalized spacial score (nSPS) is 12.6. The maximum atomic E-state index is 12.3. The van der Waals surface area contributed by atoms with Gasteiger partial charge >= 0.3 is 0 Å². The Morgan fingerprint density at radius 3 is 2.50 bits per heavy atom. The van der Waals surface area contributed by atoms with Crippen LogP contribution in [0.4, 0.5) is 5.69 Å². The number of hydrogen-bond donors (Lipinski definition) is 2. The van der Waals surface area contributed by atoms with Crippen molar-refractivity contribution in [2.45, 2.75) is 32.1 Å². The zero-order valence-corrected chi connectivity index (χ0v) is 13.4. The molecule has 0 saturated carbocycles. The molecule has 0 saturated heterocycles. The molecule has 20 heavy (non-hydrogen) atoms. The van der Waals surface area contributed by atoms with Gasteiger partial charge in [-0.1, -0.05) is 13.8 Å². The Bertz CT molecular complexity index is 533. The first kappa shape index (κ1) is 16.9. The molecule has 0 radical (unpaired) electrons. The molecule has 0 aliphatic heterocycles. The molecule has 3 N–H and O–H groups in total. The molecule has 1 aromatic rings. The van der Waals surface area contributed by atoms with Gasteiger partial charge in [-0.25, -0.2) is 13.1 Å². The van der Waals surface area contributed by atoms with E-state index in [2.05, 4.69) is 4.72 Å². The first-order chi connectivity index (χ1) is 9.16. The largest absolute Gasteiger partial charge is 0.399 e. The summed E-state index contributed by atoms with van der Waals surface area (Å²) in [6.45, 7) is 6.77. The standard InChI is InChI=1S/C14H24N2O3S/c1-11-7-12(15)9-13(8-11)20(17,18)16-10-14(2,3)5-6-19-4/h7-9,16H,5-6,10,15H2,1-4H3. The van der Waals surface area contributed by atoms with Gasteiger partial charge in [0.05, 0.1) is 4.90 Å². The molecule has 0 aliphatic carbocycles. The van der Waals surface area contributed by atoms with Crippen LogP contribution in [0.15, 0.2) is 23.1 Å². The van der Waals surface area contributed by atoms with Crippen molar-refractivity contribution in [2.75, 3.05) is 26.0 Å². The fourth-order valence-electron chi connectivity index (χ4n) is 1.77. The van der Waals surface area contributed by atoms with Crippen molar-refractivity contribution in [2.24, 2.45) is 5.41 Å². The molecule has 0 bridgehead atoms. The van der Waals surface area contributed by atoms with Crippen LogP contribution in [-0.4, -0.2) is 28.7 Å². The monoisotopic (exact) mass is 300 g/mol. The van der Waals surface area contributed by atoms with Gasteiger partial charge < -0.3 is 10.5 Å². The summed E-state index contributed by atoms with van der Waals surface area (Å²) >= 11 is 0. The number of anilines is 1. The number of sulfonamides is 1. The van der Waals surface area contributed by atoms with Crippen molar-refractivity contribution in [3.8, 4) is 0 Å². The molecule has 0 heterocycles. The number of ether oxygens (including phenoxy) is 1. The van der Waals surface area contributed by atoms with E-state index in [1.54, 1.807) is 19.2 Å². The lowest BCUT2D eigenvalue weighted by Gasteiger charge is -2.24. The number of benzene rings is 1. The number of aryl methyl sites for hydroxylation is 1. The van der Waals surface area contributed by atoms with Gasteiger partial charge in [-0.3, -0.25) is 0 Å². The van der Waals surface area contributed by atoms with E-state index in [0.29, 0.717) is 18.8 Å². The third-order valence-corrected chi connectivity index (χ3v) is 4.49. The van der Waals surface area contributed by atoms with E-state index >= 15 is 0 Å². The van der Waals surface area contributed by atoms with Gasteiger partial charge in [0.1, 0.15) is 0 Å². The molecule has 1 aromatic carbocycles. The van der Waals surface area contributed by atoms with Crippen LogP contribution < -0.4 is 10.5 Å². The van der Waals surface area contributed by atoms with Crippen molar-refractivity contribution < 1.29 is 13.2 Å². The molecule has 0 amide bonds. The molecule has 5 nitrogen and oxygen atoms in total. The smallest absolute Gasteiger partial charge is 0.240 e. The molecular formula is C14H24N2O3S. The number of nitrogens with two attached hydrogens (primary N) is 1. The Kier molecular flexibility index (Phi) is 5.56. The predicted octanol–water partition coefficient (Wildman–Crippen LogP) is 1.92. The second kappa shape index (κ2) is 6.56. The van der Waals surface area contributed by atoms with Crippen LogP contribution in [0, 0.1) is 12.3 Å². The quantitative estimate of drug-likeness (QED) is 0.754. The lowest BCUT2D eigenvalue weighted by molar-refractivity contribution is 0.153. The van der Waals surface area contributed by atoms with Crippen molar-refractivity contribution >= 4 is 15.7 Å². The lowest BCUT2D eigenvalue weighted by Crippen LogP contribution is -2.34. The number of nitrogens with one attached hydrogen (secondary N) is 1. The second-order valence-electron chi connectivity index (χ2n) is 5.81. The van der Waals surface area contributed by atoms with Crippen LogP contribution in [0.5, 0.6) is 0 Å². The molecule has 0 atom stereocenters. The number of rotatable bonds is 7. The third kappa shape index (κ3) is 5.11. The van der Waals surface area contributed by atoms with Crippen LogP contribution in [0.3, 0.4) is 0 Å². The van der Waals surface area contributed by atoms with Crippen LogP contribution >= 0.6 is 0 Å². The van der Waals surface area contributed by atoms with Crippen LogP contribution in [0.2, 0.25) is 0 Å². The van der Waals surface area contributed by atoms with E-state index in [0.717, 1.165) is 12.0 Å². The topological polar surface area (TPSA) is 81.4 Å². The van der Waals surface area contributed by atoms with Crippen LogP contribution in [-0.2, 0) is 14.8 Å². The molecule has 114 valence electrons. The molecule has 0 unspecified atom stereocenters. The van der Waals surface area contributed by atoms with E-state index in [1.165, 1.54) is 6.07 Å². The summed E-state index contributed by atoms with van der Waals surface area (Å²) in [6, 6.07) is 4.82. The van der Waals surface area contributed by atoms with Gasteiger partial charge in [-0.05, 0) is 42.5 Å². The fraction of sp³-hybridized carbons (Fsp3) is 0.571. The van der Waals surface area contributed by atoms with Gasteiger partial charge in [-0.2, -0.15) is 0 Å². The Hall–Kier alpha value is -1.11. The summed E-state index contributed by atoms with van der Waals surface area (Å²) in [5, 5.41) is 0. The fourth-order valence-corrected chi connectivity index (χ4v) is 3.15. The summed E-state index contributed by atoms with van der Waals surface area (Å²) in [5.74, 6) is 0. The van der Waals surface area contributed by atoms with Gasteiger partial charge in [0.2, 0.25) is 10.0 Å². The molecule has 0 spiro atoms. The van der Waals surface area contributed by atoms with E-state index in [4.69, 9.17) is 10.5 Å². The molecule has 0 fully saturated rings. The van der Waals surface area contributed by atoms with Gasteiger partial charge in [0.25, 0.3) is 0 Å². The zero-order chi connectivity index (χ0) is 15.4. The molecule has 6 heteroatoms. The Balaban J connectivity index is 2.80. The first-order valence-corrected chi connectivity index (χ1v) is 8.00. The Morgan fingerprint density at radius 1 is 1.30 bits per heavy atom. The van der Waals surface area contributed by atoms with Crippen molar-refractivity contribution in [3.05, 3.63) is 23.8 Å². The first-order valence-electron chi connectivity index (χ1n) is 6.52. The molecule has 0 aliphatic rings. The van der Waals surface area contributed by atoms with E-state index in [9.17, 15) is 8.42 Å². The van der Waals surface area contributed by atoms with Crippen molar-refractivity contribution in [1.29, 1.82) is 0 Å². The molecular weight excluding hydrogens is 276 g/mol. The highest BCUT2D eigenvalue weighted by Crippen LogP contribution is 2.21. The highest BCUT2D eigenvalue weighted by molar-refractivity contribution is 7.89. The van der Waals surface area contributed by atoms with Gasteiger partial charge in [-0.15, -0.1) is 0 Å². The SMILES string of the molecule is COCCC(C)(C)CNS(=O)(=O)c1cc(C)cc(N)c1. The van der Waals surface area contributed by atoms with E-state index in [-0.39, 0.29) is 10.3 Å². The van der Waals surface area contributed by atoms with Crippen LogP contribution in [0.1, 0.15) is 25.8 Å². The number of nitrogen functional groups attached to an aromatic ring is 1. The molecule has 1 rings (SSSR count). The predicted molar refractivity (Wildman–Crippen MR) is 81.1 cm³/mol. The highest BCUT2D eigenvalue weighted by atomic mass is 32.2. The van der Waals surface area contributed by atoms with E-state index < -0.39 is 10.0 Å². The average Bonchev–Trinajstić information content (AvgIpc) is 2.33.